The number of anilines is 1. The summed E-state index contributed by atoms with van der Waals surface area (Å²) in [6.07, 6.45) is 2.75. The van der Waals surface area contributed by atoms with Gasteiger partial charge in [0.2, 0.25) is 20.0 Å². The molecule has 0 spiro atoms. The SMILES string of the molecule is Cc1cc(C(=O)Nc2ccc(S(=O)(=O)N3CCCCC3)cc2)cc(S(=O)(=O)N(C)C)c1C. The van der Waals surface area contributed by atoms with Crippen molar-refractivity contribution in [3.63, 3.8) is 0 Å². The van der Waals surface area contributed by atoms with E-state index in [-0.39, 0.29) is 15.4 Å². The maximum atomic E-state index is 12.8. The van der Waals surface area contributed by atoms with E-state index in [1.807, 2.05) is 0 Å². The molecule has 2 aromatic carbocycles. The number of aryl methyl sites for hydroxylation is 1. The van der Waals surface area contributed by atoms with Crippen molar-refractivity contribution in [3.8, 4) is 0 Å². The molecule has 1 heterocycles. The van der Waals surface area contributed by atoms with Crippen molar-refractivity contribution >= 4 is 31.6 Å². The van der Waals surface area contributed by atoms with Crippen LogP contribution in [0.4, 0.5) is 5.69 Å². The van der Waals surface area contributed by atoms with Crippen molar-refractivity contribution in [2.75, 3.05) is 32.5 Å². The molecular formula is C22H29N3O5S2. The molecule has 0 aromatic heterocycles. The third kappa shape index (κ3) is 4.88. The number of benzene rings is 2. The van der Waals surface area contributed by atoms with Crippen LogP contribution in [0.1, 0.15) is 40.7 Å². The highest BCUT2D eigenvalue weighted by molar-refractivity contribution is 7.89. The minimum atomic E-state index is -3.71. The van der Waals surface area contributed by atoms with E-state index < -0.39 is 26.0 Å². The van der Waals surface area contributed by atoms with Gasteiger partial charge in [-0.1, -0.05) is 6.42 Å². The molecule has 0 bridgehead atoms. The summed E-state index contributed by atoms with van der Waals surface area (Å²) in [6.45, 7) is 4.49. The molecule has 1 N–H and O–H groups in total. The number of hydrogen-bond acceptors (Lipinski definition) is 5. The molecule has 1 amide bonds. The van der Waals surface area contributed by atoms with Crippen LogP contribution in [-0.4, -0.2) is 58.5 Å². The normalized spacial score (nSPS) is 15.7. The van der Waals surface area contributed by atoms with Gasteiger partial charge in [-0.15, -0.1) is 0 Å². The number of hydrogen-bond donors (Lipinski definition) is 1. The molecule has 174 valence electrons. The van der Waals surface area contributed by atoms with E-state index in [0.717, 1.165) is 23.6 Å². The number of sulfonamides is 2. The molecule has 8 nitrogen and oxygen atoms in total. The largest absolute Gasteiger partial charge is 0.322 e. The van der Waals surface area contributed by atoms with E-state index in [4.69, 9.17) is 0 Å². The Labute approximate surface area is 190 Å². The van der Waals surface area contributed by atoms with Crippen LogP contribution in [-0.2, 0) is 20.0 Å². The monoisotopic (exact) mass is 479 g/mol. The lowest BCUT2D eigenvalue weighted by atomic mass is 10.1. The number of rotatable bonds is 6. The van der Waals surface area contributed by atoms with Crippen LogP contribution < -0.4 is 5.32 Å². The highest BCUT2D eigenvalue weighted by atomic mass is 32.2. The fourth-order valence-electron chi connectivity index (χ4n) is 3.59. The second-order valence-electron chi connectivity index (χ2n) is 8.15. The maximum Gasteiger partial charge on any atom is 0.255 e. The molecule has 3 rings (SSSR count). The highest BCUT2D eigenvalue weighted by Gasteiger charge is 2.26. The first kappa shape index (κ1) is 24.4. The van der Waals surface area contributed by atoms with Gasteiger partial charge in [-0.25, -0.2) is 21.1 Å². The quantitative estimate of drug-likeness (QED) is 0.686. The van der Waals surface area contributed by atoms with Gasteiger partial charge < -0.3 is 5.32 Å². The fraction of sp³-hybridized carbons (Fsp3) is 0.409. The van der Waals surface area contributed by atoms with E-state index in [1.165, 1.54) is 48.7 Å². The van der Waals surface area contributed by atoms with Gasteiger partial charge in [-0.05, 0) is 74.2 Å². The molecule has 10 heteroatoms. The van der Waals surface area contributed by atoms with Crippen LogP contribution in [0.15, 0.2) is 46.2 Å². The van der Waals surface area contributed by atoms with Gasteiger partial charge in [0.1, 0.15) is 0 Å². The third-order valence-corrected chi connectivity index (χ3v) is 9.56. The first-order valence-corrected chi connectivity index (χ1v) is 13.3. The number of carbonyl (C=O) groups excluding carboxylic acids is 1. The van der Waals surface area contributed by atoms with Gasteiger partial charge in [0.15, 0.2) is 0 Å². The average molecular weight is 480 g/mol. The van der Waals surface area contributed by atoms with Gasteiger partial charge in [0, 0.05) is 38.4 Å². The Kier molecular flexibility index (Phi) is 7.09. The van der Waals surface area contributed by atoms with Gasteiger partial charge in [0.05, 0.1) is 9.79 Å². The van der Waals surface area contributed by atoms with E-state index in [9.17, 15) is 21.6 Å². The lowest BCUT2D eigenvalue weighted by molar-refractivity contribution is 0.102. The van der Waals surface area contributed by atoms with Gasteiger partial charge in [-0.2, -0.15) is 4.31 Å². The first-order valence-electron chi connectivity index (χ1n) is 10.4. The Morgan fingerprint density at radius 1 is 0.938 bits per heavy atom. The molecule has 0 radical (unpaired) electrons. The number of piperidine rings is 1. The summed E-state index contributed by atoms with van der Waals surface area (Å²) < 4.78 is 53.4. The Bertz CT molecular complexity index is 1210. The zero-order chi connectivity index (χ0) is 23.7. The molecule has 2 aromatic rings. The predicted octanol–water partition coefficient (Wildman–Crippen LogP) is 2.98. The second kappa shape index (κ2) is 9.30. The minimum Gasteiger partial charge on any atom is -0.322 e. The van der Waals surface area contributed by atoms with Crippen molar-refractivity contribution in [2.45, 2.75) is 42.9 Å². The van der Waals surface area contributed by atoms with Crippen LogP contribution in [0.2, 0.25) is 0 Å². The zero-order valence-corrected chi connectivity index (χ0v) is 20.4. The van der Waals surface area contributed by atoms with E-state index in [1.54, 1.807) is 19.9 Å². The third-order valence-electron chi connectivity index (χ3n) is 5.71. The standard InChI is InChI=1S/C22H29N3O5S2/c1-16-14-18(15-21(17(16)2)32(29,30)24(3)4)22(26)23-19-8-10-20(11-9-19)31(27,28)25-12-6-5-7-13-25/h8-11,14-15H,5-7,12-13H2,1-4H3,(H,23,26). The highest BCUT2D eigenvalue weighted by Crippen LogP contribution is 2.25. The number of carbonyl (C=O) groups is 1. The summed E-state index contributed by atoms with van der Waals surface area (Å²) >= 11 is 0. The van der Waals surface area contributed by atoms with Crippen molar-refractivity contribution in [1.82, 2.24) is 8.61 Å². The van der Waals surface area contributed by atoms with Crippen molar-refractivity contribution in [2.24, 2.45) is 0 Å². The van der Waals surface area contributed by atoms with Crippen LogP contribution >= 0.6 is 0 Å². The molecule has 0 aliphatic carbocycles. The van der Waals surface area contributed by atoms with Gasteiger partial charge >= 0.3 is 0 Å². The summed E-state index contributed by atoms with van der Waals surface area (Å²) in [4.78, 5) is 13.1. The number of amides is 1. The molecule has 1 saturated heterocycles. The Morgan fingerprint density at radius 3 is 2.09 bits per heavy atom. The maximum absolute atomic E-state index is 12.8. The molecule has 0 atom stereocenters. The second-order valence-corrected chi connectivity index (χ2v) is 12.2. The summed E-state index contributed by atoms with van der Waals surface area (Å²) in [5.74, 6) is -0.477. The molecule has 1 fully saturated rings. The van der Waals surface area contributed by atoms with Crippen LogP contribution in [0.25, 0.3) is 0 Å². The molecule has 0 unspecified atom stereocenters. The van der Waals surface area contributed by atoms with Crippen LogP contribution in [0.3, 0.4) is 0 Å². The predicted molar refractivity (Wildman–Crippen MR) is 124 cm³/mol. The number of nitrogens with zero attached hydrogens (tertiary/aromatic N) is 2. The minimum absolute atomic E-state index is 0.0793. The summed E-state index contributed by atoms with van der Waals surface area (Å²) in [5, 5.41) is 2.72. The Balaban J connectivity index is 1.83. The smallest absolute Gasteiger partial charge is 0.255 e. The molecule has 0 saturated carbocycles. The van der Waals surface area contributed by atoms with E-state index >= 15 is 0 Å². The van der Waals surface area contributed by atoms with Crippen molar-refractivity contribution in [3.05, 3.63) is 53.1 Å². The molecule has 1 aliphatic heterocycles. The van der Waals surface area contributed by atoms with Crippen LogP contribution in [0, 0.1) is 13.8 Å². The Morgan fingerprint density at radius 2 is 1.53 bits per heavy atom. The van der Waals surface area contributed by atoms with E-state index in [0.29, 0.717) is 29.9 Å². The topological polar surface area (TPSA) is 104 Å². The zero-order valence-electron chi connectivity index (χ0n) is 18.8. The lowest BCUT2D eigenvalue weighted by Gasteiger charge is -2.25. The van der Waals surface area contributed by atoms with Crippen LogP contribution in [0.5, 0.6) is 0 Å². The fourth-order valence-corrected chi connectivity index (χ4v) is 6.32. The lowest BCUT2D eigenvalue weighted by Crippen LogP contribution is -2.35. The van der Waals surface area contributed by atoms with E-state index in [2.05, 4.69) is 5.32 Å². The summed E-state index contributed by atoms with van der Waals surface area (Å²) in [5.41, 5.74) is 1.89. The molecular weight excluding hydrogens is 450 g/mol. The number of nitrogens with one attached hydrogen (secondary N) is 1. The molecule has 1 aliphatic rings. The molecule has 32 heavy (non-hydrogen) atoms. The summed E-state index contributed by atoms with van der Waals surface area (Å²) in [6, 6.07) is 9.01. The van der Waals surface area contributed by atoms with Crippen molar-refractivity contribution in [1.29, 1.82) is 0 Å². The summed E-state index contributed by atoms with van der Waals surface area (Å²) in [7, 11) is -4.38. The average Bonchev–Trinajstić information content (AvgIpc) is 2.76. The Hall–Kier alpha value is -2.27. The van der Waals surface area contributed by atoms with Gasteiger partial charge in [0.25, 0.3) is 5.91 Å². The van der Waals surface area contributed by atoms with Crippen molar-refractivity contribution < 1.29 is 21.6 Å². The first-order chi connectivity index (χ1) is 14.9. The van der Waals surface area contributed by atoms with Gasteiger partial charge in [-0.3, -0.25) is 4.79 Å².